The summed E-state index contributed by atoms with van der Waals surface area (Å²) in [6, 6.07) is 1.74. The summed E-state index contributed by atoms with van der Waals surface area (Å²) in [6.45, 7) is 3.05. The number of nitrogens with one attached hydrogen (secondary N) is 2. The minimum absolute atomic E-state index is 0.353. The lowest BCUT2D eigenvalue weighted by atomic mass is 10.5. The van der Waals surface area contributed by atoms with Gasteiger partial charge in [0, 0.05) is 19.7 Å². The van der Waals surface area contributed by atoms with Crippen LogP contribution in [0, 0.1) is 6.92 Å². The third-order valence-electron chi connectivity index (χ3n) is 2.04. The molecule has 2 N–H and O–H groups in total. The summed E-state index contributed by atoms with van der Waals surface area (Å²) in [5.74, 6) is 2.22. The topological polar surface area (TPSA) is 98.0 Å². The van der Waals surface area contributed by atoms with Crippen LogP contribution < -0.4 is 10.6 Å². The van der Waals surface area contributed by atoms with E-state index in [-0.39, 0.29) is 0 Å². The zero-order chi connectivity index (χ0) is 12.8. The number of hydrogen-bond donors (Lipinski definition) is 2. The van der Waals surface area contributed by atoms with Gasteiger partial charge >= 0.3 is 0 Å². The Morgan fingerprint density at radius 3 is 3.00 bits per heavy atom. The Labute approximate surface area is 104 Å². The first-order valence-electron chi connectivity index (χ1n) is 5.41. The van der Waals surface area contributed by atoms with Gasteiger partial charge in [-0.25, -0.2) is 0 Å². The Kier molecular flexibility index (Phi) is 4.02. The second kappa shape index (κ2) is 5.92. The first-order valence-corrected chi connectivity index (χ1v) is 5.41. The lowest BCUT2D eigenvalue weighted by Crippen LogP contribution is -2.10. The maximum absolute atomic E-state index is 4.93. The van der Waals surface area contributed by atoms with E-state index >= 15 is 0 Å². The molecule has 0 bridgehead atoms. The van der Waals surface area contributed by atoms with Crippen LogP contribution in [0.25, 0.3) is 0 Å². The summed E-state index contributed by atoms with van der Waals surface area (Å²) in [5, 5.41) is 17.4. The number of rotatable bonds is 6. The van der Waals surface area contributed by atoms with Crippen molar-refractivity contribution in [3.05, 3.63) is 18.0 Å². The molecule has 0 aliphatic carbocycles. The van der Waals surface area contributed by atoms with E-state index < -0.39 is 0 Å². The van der Waals surface area contributed by atoms with Crippen molar-refractivity contribution in [2.75, 3.05) is 30.9 Å². The number of aromatic nitrogens is 4. The largest absolute Gasteiger partial charge is 0.383 e. The molecule has 0 fully saturated rings. The highest BCUT2D eigenvalue weighted by Crippen LogP contribution is 2.12. The number of aryl methyl sites for hydroxylation is 1. The molecule has 96 valence electrons. The minimum atomic E-state index is 0.353. The van der Waals surface area contributed by atoms with Crippen LogP contribution in [0.2, 0.25) is 0 Å². The third kappa shape index (κ3) is 3.39. The van der Waals surface area contributed by atoms with E-state index in [2.05, 4.69) is 31.0 Å². The van der Waals surface area contributed by atoms with Crippen molar-refractivity contribution >= 4 is 17.6 Å². The van der Waals surface area contributed by atoms with Gasteiger partial charge in [-0.1, -0.05) is 5.16 Å². The van der Waals surface area contributed by atoms with Gasteiger partial charge in [-0.3, -0.25) is 0 Å². The van der Waals surface area contributed by atoms with Gasteiger partial charge in [-0.15, -0.1) is 5.10 Å². The predicted molar refractivity (Wildman–Crippen MR) is 64.7 cm³/mol. The van der Waals surface area contributed by atoms with Crippen molar-refractivity contribution < 1.29 is 9.26 Å². The molecular weight excluding hydrogens is 236 g/mol. The zero-order valence-corrected chi connectivity index (χ0v) is 10.2. The number of nitrogens with zero attached hydrogens (tertiary/aromatic N) is 4. The van der Waals surface area contributed by atoms with Crippen molar-refractivity contribution in [3.8, 4) is 0 Å². The minimum Gasteiger partial charge on any atom is -0.383 e. The summed E-state index contributed by atoms with van der Waals surface area (Å²) in [4.78, 5) is 4.22. The van der Waals surface area contributed by atoms with Gasteiger partial charge in [0.15, 0.2) is 11.6 Å². The van der Waals surface area contributed by atoms with Crippen LogP contribution in [0.3, 0.4) is 0 Å². The smallest absolute Gasteiger partial charge is 0.250 e. The molecular formula is C10H14N6O2. The summed E-state index contributed by atoms with van der Waals surface area (Å²) >= 11 is 0. The average Bonchev–Trinajstić information content (AvgIpc) is 2.76. The fraction of sp³-hybridized carbons (Fsp3) is 0.400. The van der Waals surface area contributed by atoms with E-state index in [1.165, 1.54) is 6.20 Å². The van der Waals surface area contributed by atoms with Gasteiger partial charge in [-0.2, -0.15) is 10.1 Å². The standard InChI is InChI=1S/C10H14N6O2/c1-7-5-8(16-18-7)13-10-14-9(6-12-15-10)11-3-4-17-2/h5-6H,3-4H2,1-2H3,(H2,11,13,14,15,16). The molecule has 0 atom stereocenters. The highest BCUT2D eigenvalue weighted by molar-refractivity contribution is 5.48. The Morgan fingerprint density at radius 2 is 2.28 bits per heavy atom. The molecule has 0 aromatic carbocycles. The molecule has 0 aliphatic heterocycles. The molecule has 0 saturated heterocycles. The van der Waals surface area contributed by atoms with Gasteiger partial charge < -0.3 is 19.9 Å². The lowest BCUT2D eigenvalue weighted by molar-refractivity contribution is 0.210. The summed E-state index contributed by atoms with van der Waals surface area (Å²) < 4.78 is 9.85. The predicted octanol–water partition coefficient (Wildman–Crippen LogP) is 0.970. The number of methoxy groups -OCH3 is 1. The second-order valence-electron chi connectivity index (χ2n) is 3.53. The van der Waals surface area contributed by atoms with Crippen LogP contribution in [0.4, 0.5) is 17.6 Å². The summed E-state index contributed by atoms with van der Waals surface area (Å²) in [6.07, 6.45) is 1.54. The van der Waals surface area contributed by atoms with Crippen molar-refractivity contribution in [3.63, 3.8) is 0 Å². The van der Waals surface area contributed by atoms with E-state index in [0.717, 1.165) is 0 Å². The Bertz CT molecular complexity index is 501. The maximum Gasteiger partial charge on any atom is 0.250 e. The molecule has 2 heterocycles. The molecule has 0 spiro atoms. The summed E-state index contributed by atoms with van der Waals surface area (Å²) in [5.41, 5.74) is 0. The first kappa shape index (κ1) is 12.2. The Morgan fingerprint density at radius 1 is 1.39 bits per heavy atom. The molecule has 0 aliphatic rings. The Hall–Kier alpha value is -2.22. The number of anilines is 3. The van der Waals surface area contributed by atoms with Crippen LogP contribution in [0.1, 0.15) is 5.76 Å². The van der Waals surface area contributed by atoms with Crippen LogP contribution in [-0.4, -0.2) is 40.6 Å². The van der Waals surface area contributed by atoms with E-state index in [9.17, 15) is 0 Å². The maximum atomic E-state index is 4.93. The van der Waals surface area contributed by atoms with Crippen LogP contribution >= 0.6 is 0 Å². The molecule has 2 rings (SSSR count). The van der Waals surface area contributed by atoms with E-state index in [0.29, 0.717) is 36.5 Å². The zero-order valence-electron chi connectivity index (χ0n) is 10.2. The van der Waals surface area contributed by atoms with Crippen LogP contribution in [-0.2, 0) is 4.74 Å². The van der Waals surface area contributed by atoms with Gasteiger partial charge in [0.25, 0.3) is 0 Å². The van der Waals surface area contributed by atoms with Crippen LogP contribution in [0.5, 0.6) is 0 Å². The number of ether oxygens (including phenoxy) is 1. The lowest BCUT2D eigenvalue weighted by Gasteiger charge is -2.05. The molecule has 0 unspecified atom stereocenters. The van der Waals surface area contributed by atoms with Crippen molar-refractivity contribution in [1.29, 1.82) is 0 Å². The Balaban J connectivity index is 1.98. The van der Waals surface area contributed by atoms with Gasteiger partial charge in [-0.05, 0) is 6.92 Å². The van der Waals surface area contributed by atoms with Crippen molar-refractivity contribution in [2.45, 2.75) is 6.92 Å². The van der Waals surface area contributed by atoms with E-state index in [1.54, 1.807) is 20.1 Å². The number of hydrogen-bond acceptors (Lipinski definition) is 8. The summed E-state index contributed by atoms with van der Waals surface area (Å²) in [7, 11) is 1.64. The highest BCUT2D eigenvalue weighted by Gasteiger charge is 2.04. The van der Waals surface area contributed by atoms with E-state index in [4.69, 9.17) is 9.26 Å². The fourth-order valence-corrected chi connectivity index (χ4v) is 1.26. The molecule has 0 saturated carbocycles. The first-order chi connectivity index (χ1) is 8.78. The fourth-order valence-electron chi connectivity index (χ4n) is 1.26. The second-order valence-corrected chi connectivity index (χ2v) is 3.53. The molecule has 8 nitrogen and oxygen atoms in total. The highest BCUT2D eigenvalue weighted by atomic mass is 16.5. The molecule has 2 aromatic heterocycles. The monoisotopic (exact) mass is 250 g/mol. The molecule has 8 heteroatoms. The van der Waals surface area contributed by atoms with E-state index in [1.807, 2.05) is 0 Å². The normalized spacial score (nSPS) is 10.3. The molecule has 2 aromatic rings. The van der Waals surface area contributed by atoms with Crippen LogP contribution in [0.15, 0.2) is 16.8 Å². The van der Waals surface area contributed by atoms with Gasteiger partial charge in [0.05, 0.1) is 12.8 Å². The van der Waals surface area contributed by atoms with Gasteiger partial charge in [0.2, 0.25) is 5.95 Å². The van der Waals surface area contributed by atoms with Crippen molar-refractivity contribution in [1.82, 2.24) is 20.3 Å². The average molecular weight is 250 g/mol. The SMILES string of the molecule is COCCNc1cnnc(Nc2cc(C)on2)n1. The third-order valence-corrected chi connectivity index (χ3v) is 2.04. The molecule has 0 amide bonds. The van der Waals surface area contributed by atoms with Gasteiger partial charge in [0.1, 0.15) is 5.76 Å². The molecule has 0 radical (unpaired) electrons. The quantitative estimate of drug-likeness (QED) is 0.732. The molecule has 18 heavy (non-hydrogen) atoms. The van der Waals surface area contributed by atoms with Crippen molar-refractivity contribution in [2.24, 2.45) is 0 Å².